The molecule has 0 bridgehead atoms. The monoisotopic (exact) mass is 788 g/mol. The molecule has 0 fully saturated rings. The van der Waals surface area contributed by atoms with E-state index in [4.69, 9.17) is 0 Å². The molecule has 0 aliphatic rings. The Morgan fingerprint density at radius 1 is 0.306 bits per heavy atom. The second-order valence-corrected chi connectivity index (χ2v) is 16.1. The Labute approximate surface area is 360 Å². The SMILES string of the molecule is c1ccc(-c2ccc(-c3ccc(N(c4cccc(-c5cccc6c5c5ccc7ccccc7c5n6-c5ccccc5)c4)c4cc5ccccc5c5ccccc45)cc3)cc2)cc1. The Bertz CT molecular complexity index is 3600. The highest BCUT2D eigenvalue weighted by molar-refractivity contribution is 6.22. The minimum Gasteiger partial charge on any atom is -0.310 e. The fourth-order valence-corrected chi connectivity index (χ4v) is 9.66. The molecule has 0 radical (unpaired) electrons. The van der Waals surface area contributed by atoms with Gasteiger partial charge in [-0.2, -0.15) is 0 Å². The summed E-state index contributed by atoms with van der Waals surface area (Å²) in [6, 6.07) is 88.5. The first-order chi connectivity index (χ1) is 30.8. The molecule has 0 saturated carbocycles. The molecule has 0 spiro atoms. The minimum absolute atomic E-state index is 1.09. The Kier molecular flexibility index (Phi) is 8.53. The van der Waals surface area contributed by atoms with Crippen LogP contribution < -0.4 is 4.90 Å². The zero-order valence-electron chi connectivity index (χ0n) is 34.0. The van der Waals surface area contributed by atoms with Crippen LogP contribution in [0.2, 0.25) is 0 Å². The topological polar surface area (TPSA) is 8.17 Å². The predicted molar refractivity (Wildman–Crippen MR) is 264 cm³/mol. The number of anilines is 3. The van der Waals surface area contributed by atoms with E-state index < -0.39 is 0 Å². The molecule has 0 amide bonds. The molecule has 0 aliphatic heterocycles. The summed E-state index contributed by atoms with van der Waals surface area (Å²) < 4.78 is 2.45. The van der Waals surface area contributed by atoms with Crippen molar-refractivity contribution < 1.29 is 0 Å². The van der Waals surface area contributed by atoms with Gasteiger partial charge in [0.05, 0.1) is 16.7 Å². The lowest BCUT2D eigenvalue weighted by molar-refractivity contribution is 1.19. The van der Waals surface area contributed by atoms with E-state index in [0.29, 0.717) is 0 Å². The number of aromatic nitrogens is 1. The third-order valence-corrected chi connectivity index (χ3v) is 12.5. The highest BCUT2D eigenvalue weighted by Gasteiger charge is 2.21. The molecule has 12 aromatic rings. The van der Waals surface area contributed by atoms with Crippen molar-refractivity contribution >= 4 is 71.2 Å². The van der Waals surface area contributed by atoms with Gasteiger partial charge in [-0.15, -0.1) is 0 Å². The molecule has 1 heterocycles. The highest BCUT2D eigenvalue weighted by atomic mass is 15.1. The van der Waals surface area contributed by atoms with Crippen molar-refractivity contribution in [1.29, 1.82) is 0 Å². The van der Waals surface area contributed by atoms with Crippen LogP contribution >= 0.6 is 0 Å². The van der Waals surface area contributed by atoms with Gasteiger partial charge in [-0.05, 0) is 103 Å². The second-order valence-electron chi connectivity index (χ2n) is 16.1. The van der Waals surface area contributed by atoms with E-state index in [1.807, 2.05) is 0 Å². The zero-order valence-corrected chi connectivity index (χ0v) is 34.0. The van der Waals surface area contributed by atoms with E-state index in [-0.39, 0.29) is 0 Å². The Morgan fingerprint density at radius 3 is 1.61 bits per heavy atom. The number of hydrogen-bond acceptors (Lipinski definition) is 1. The minimum atomic E-state index is 1.09. The second kappa shape index (κ2) is 14.8. The van der Waals surface area contributed by atoms with Crippen LogP contribution in [0.4, 0.5) is 17.1 Å². The molecule has 0 saturated heterocycles. The van der Waals surface area contributed by atoms with Crippen LogP contribution in [0.5, 0.6) is 0 Å². The highest BCUT2D eigenvalue weighted by Crippen LogP contribution is 2.46. The molecule has 0 atom stereocenters. The van der Waals surface area contributed by atoms with Gasteiger partial charge in [0.2, 0.25) is 0 Å². The summed E-state index contributed by atoms with van der Waals surface area (Å²) in [5.74, 6) is 0. The maximum Gasteiger partial charge on any atom is 0.0619 e. The summed E-state index contributed by atoms with van der Waals surface area (Å²) in [5, 5.41) is 9.88. The molecule has 2 heteroatoms. The first-order valence-corrected chi connectivity index (χ1v) is 21.3. The fourth-order valence-electron chi connectivity index (χ4n) is 9.66. The molecule has 290 valence electrons. The van der Waals surface area contributed by atoms with E-state index in [0.717, 1.165) is 22.7 Å². The molecule has 62 heavy (non-hydrogen) atoms. The van der Waals surface area contributed by atoms with Gasteiger partial charge in [-0.25, -0.2) is 0 Å². The quantitative estimate of drug-likeness (QED) is 0.146. The Hall–Kier alpha value is -8.20. The predicted octanol–water partition coefficient (Wildman–Crippen LogP) is 16.7. The smallest absolute Gasteiger partial charge is 0.0619 e. The molecular formula is C60H40N2. The van der Waals surface area contributed by atoms with E-state index >= 15 is 0 Å². The van der Waals surface area contributed by atoms with Crippen molar-refractivity contribution in [2.24, 2.45) is 0 Å². The van der Waals surface area contributed by atoms with Crippen molar-refractivity contribution in [3.05, 3.63) is 243 Å². The van der Waals surface area contributed by atoms with Gasteiger partial charge in [-0.1, -0.05) is 194 Å². The number of rotatable bonds is 7. The maximum absolute atomic E-state index is 2.45. The lowest BCUT2D eigenvalue weighted by atomic mass is 9.96. The first kappa shape index (κ1) is 35.7. The largest absolute Gasteiger partial charge is 0.310 e. The summed E-state index contributed by atoms with van der Waals surface area (Å²) >= 11 is 0. The van der Waals surface area contributed by atoms with Gasteiger partial charge in [0.1, 0.15) is 0 Å². The average molecular weight is 789 g/mol. The molecular weight excluding hydrogens is 749 g/mol. The maximum atomic E-state index is 2.45. The van der Waals surface area contributed by atoms with Crippen molar-refractivity contribution in [2.75, 3.05) is 4.90 Å². The van der Waals surface area contributed by atoms with Gasteiger partial charge in [0.15, 0.2) is 0 Å². The van der Waals surface area contributed by atoms with Crippen LogP contribution in [0.1, 0.15) is 0 Å². The van der Waals surface area contributed by atoms with Gasteiger partial charge in [0, 0.05) is 38.6 Å². The molecule has 12 rings (SSSR count). The summed E-state index contributed by atoms with van der Waals surface area (Å²) in [5.41, 5.74) is 14.1. The van der Waals surface area contributed by atoms with Crippen LogP contribution in [0.25, 0.3) is 93.2 Å². The Balaban J connectivity index is 1.05. The molecule has 0 N–H and O–H groups in total. The summed E-state index contributed by atoms with van der Waals surface area (Å²) in [6.45, 7) is 0. The molecule has 11 aromatic carbocycles. The van der Waals surface area contributed by atoms with E-state index in [1.165, 1.54) is 87.5 Å². The van der Waals surface area contributed by atoms with Crippen LogP contribution in [0.3, 0.4) is 0 Å². The van der Waals surface area contributed by atoms with Crippen molar-refractivity contribution in [1.82, 2.24) is 4.57 Å². The number of para-hydroxylation sites is 1. The standard InChI is InChI=1S/C60H40N2/c1-3-15-41(16-4-1)42-29-31-43(32-30-42)44-33-36-49(37-34-44)61(58-40-47-18-8-9-23-51(47)54-25-11-12-26-55(54)58)50-22-13-19-46(39-50)52-27-14-28-57-59(52)56-38-35-45-17-7-10-24-53(45)60(56)62(57)48-20-5-2-6-21-48/h1-40H. The van der Waals surface area contributed by atoms with E-state index in [1.54, 1.807) is 0 Å². The number of hydrogen-bond donors (Lipinski definition) is 0. The van der Waals surface area contributed by atoms with Crippen LogP contribution in [-0.2, 0) is 0 Å². The number of nitrogens with zero attached hydrogens (tertiary/aromatic N) is 2. The summed E-state index contributed by atoms with van der Waals surface area (Å²) in [7, 11) is 0. The number of benzene rings is 11. The average Bonchev–Trinajstić information content (AvgIpc) is 3.70. The normalized spacial score (nSPS) is 11.5. The molecule has 1 aromatic heterocycles. The molecule has 0 unspecified atom stereocenters. The van der Waals surface area contributed by atoms with Crippen LogP contribution in [0.15, 0.2) is 243 Å². The fraction of sp³-hybridized carbons (Fsp3) is 0. The first-order valence-electron chi connectivity index (χ1n) is 21.3. The van der Waals surface area contributed by atoms with E-state index in [2.05, 4.69) is 252 Å². The van der Waals surface area contributed by atoms with Gasteiger partial charge in [0.25, 0.3) is 0 Å². The number of fused-ring (bicyclic) bond motifs is 8. The third-order valence-electron chi connectivity index (χ3n) is 12.5. The zero-order chi connectivity index (χ0) is 41.0. The lowest BCUT2D eigenvalue weighted by Crippen LogP contribution is -2.11. The van der Waals surface area contributed by atoms with Crippen molar-refractivity contribution in [3.63, 3.8) is 0 Å². The molecule has 0 aliphatic carbocycles. The summed E-state index contributed by atoms with van der Waals surface area (Å²) in [6.07, 6.45) is 0. The summed E-state index contributed by atoms with van der Waals surface area (Å²) in [4.78, 5) is 2.45. The van der Waals surface area contributed by atoms with Crippen LogP contribution in [-0.4, -0.2) is 4.57 Å². The van der Waals surface area contributed by atoms with Crippen molar-refractivity contribution in [2.45, 2.75) is 0 Å². The van der Waals surface area contributed by atoms with Gasteiger partial charge in [-0.3, -0.25) is 0 Å². The Morgan fingerprint density at radius 2 is 0.871 bits per heavy atom. The molecule has 2 nitrogen and oxygen atoms in total. The van der Waals surface area contributed by atoms with Crippen LogP contribution in [0, 0.1) is 0 Å². The lowest BCUT2D eigenvalue weighted by Gasteiger charge is -2.28. The van der Waals surface area contributed by atoms with Gasteiger partial charge >= 0.3 is 0 Å². The third kappa shape index (κ3) is 5.96. The van der Waals surface area contributed by atoms with Gasteiger partial charge < -0.3 is 9.47 Å². The van der Waals surface area contributed by atoms with Crippen molar-refractivity contribution in [3.8, 4) is 39.1 Å². The van der Waals surface area contributed by atoms with E-state index in [9.17, 15) is 0 Å².